The highest BCUT2D eigenvalue weighted by Gasteiger charge is 2.43. The first-order valence-corrected chi connectivity index (χ1v) is 7.84. The number of carbonyl (C=O) groups excluding carboxylic acids is 2. The van der Waals surface area contributed by atoms with Gasteiger partial charge in [0.2, 0.25) is 5.91 Å². The molecule has 0 aromatic carbocycles. The first-order chi connectivity index (χ1) is 10.2. The summed E-state index contributed by atoms with van der Waals surface area (Å²) in [6, 6.07) is -0.149. The Hall–Kier alpha value is -1.14. The lowest BCUT2D eigenvalue weighted by Crippen LogP contribution is -2.49. The summed E-state index contributed by atoms with van der Waals surface area (Å²) in [6.45, 7) is 3.86. The van der Waals surface area contributed by atoms with Crippen molar-refractivity contribution in [2.75, 3.05) is 40.0 Å². The molecule has 0 spiro atoms. The molecule has 1 saturated carbocycles. The monoisotopic (exact) mass is 298 g/mol. The van der Waals surface area contributed by atoms with Gasteiger partial charge in [-0.3, -0.25) is 9.59 Å². The molecular weight excluding hydrogens is 272 g/mol. The zero-order valence-corrected chi connectivity index (χ0v) is 13.0. The maximum Gasteiger partial charge on any atom is 0.325 e. The van der Waals surface area contributed by atoms with Crippen molar-refractivity contribution in [2.24, 2.45) is 11.8 Å². The molecule has 3 atom stereocenters. The Morgan fingerprint density at radius 2 is 2.14 bits per heavy atom. The molecule has 2 aliphatic rings. The molecule has 21 heavy (non-hydrogen) atoms. The van der Waals surface area contributed by atoms with Crippen LogP contribution in [0, 0.1) is 11.8 Å². The van der Waals surface area contributed by atoms with Gasteiger partial charge in [0.1, 0.15) is 6.54 Å². The minimum Gasteiger partial charge on any atom is -0.465 e. The van der Waals surface area contributed by atoms with Crippen molar-refractivity contribution in [3.05, 3.63) is 0 Å². The minimum atomic E-state index is -0.358. The zero-order valence-electron chi connectivity index (χ0n) is 13.0. The fraction of sp³-hybridized carbons (Fsp3) is 0.867. The Labute approximate surface area is 126 Å². The van der Waals surface area contributed by atoms with E-state index in [1.807, 2.05) is 0 Å². The van der Waals surface area contributed by atoms with Crippen molar-refractivity contribution in [3.63, 3.8) is 0 Å². The van der Waals surface area contributed by atoms with Gasteiger partial charge in [0.05, 0.1) is 19.3 Å². The summed E-state index contributed by atoms with van der Waals surface area (Å²) < 4.78 is 10.0. The smallest absolute Gasteiger partial charge is 0.325 e. The fourth-order valence-electron chi connectivity index (χ4n) is 3.49. The van der Waals surface area contributed by atoms with Crippen LogP contribution in [0.3, 0.4) is 0 Å². The van der Waals surface area contributed by atoms with E-state index in [4.69, 9.17) is 9.47 Å². The predicted molar refractivity (Wildman–Crippen MR) is 77.7 cm³/mol. The maximum absolute atomic E-state index is 12.7. The number of carbonyl (C=O) groups is 2. The molecule has 1 N–H and O–H groups in total. The topological polar surface area (TPSA) is 67.9 Å². The lowest BCUT2D eigenvalue weighted by Gasteiger charge is -2.27. The van der Waals surface area contributed by atoms with Crippen LogP contribution in [0.5, 0.6) is 0 Å². The van der Waals surface area contributed by atoms with Crippen LogP contribution >= 0.6 is 0 Å². The molecule has 1 heterocycles. The Bertz CT molecular complexity index is 375. The zero-order chi connectivity index (χ0) is 15.2. The second kappa shape index (κ2) is 7.75. The predicted octanol–water partition coefficient (Wildman–Crippen LogP) is 0.413. The molecule has 1 amide bonds. The normalized spacial score (nSPS) is 27.4. The molecule has 6 heteroatoms. The third-order valence-corrected chi connectivity index (χ3v) is 4.51. The number of hydrogen-bond acceptors (Lipinski definition) is 5. The van der Waals surface area contributed by atoms with Crippen molar-refractivity contribution in [1.82, 2.24) is 10.2 Å². The molecule has 1 saturated heterocycles. The number of hydrogen-bond donors (Lipinski definition) is 1. The molecule has 1 aliphatic carbocycles. The molecule has 1 aliphatic heterocycles. The SMILES string of the molecule is CCOC(=O)CN(CCOC)C(=O)C1NCC2CCCC21. The van der Waals surface area contributed by atoms with E-state index in [2.05, 4.69) is 5.32 Å². The number of rotatable bonds is 7. The number of ether oxygens (including phenoxy) is 2. The number of esters is 1. The van der Waals surface area contributed by atoms with Crippen LogP contribution in [0.25, 0.3) is 0 Å². The highest BCUT2D eigenvalue weighted by molar-refractivity contribution is 5.86. The Balaban J connectivity index is 1.97. The largest absolute Gasteiger partial charge is 0.465 e. The van der Waals surface area contributed by atoms with Gasteiger partial charge in [-0.05, 0) is 38.1 Å². The van der Waals surface area contributed by atoms with Crippen LogP contribution < -0.4 is 5.32 Å². The van der Waals surface area contributed by atoms with E-state index in [1.54, 1.807) is 18.9 Å². The van der Waals surface area contributed by atoms with Crippen LogP contribution in [-0.2, 0) is 19.1 Å². The van der Waals surface area contributed by atoms with Crippen molar-refractivity contribution in [1.29, 1.82) is 0 Å². The summed E-state index contributed by atoms with van der Waals surface area (Å²) in [5, 5.41) is 3.34. The molecule has 0 aromatic heterocycles. The van der Waals surface area contributed by atoms with Crippen molar-refractivity contribution in [2.45, 2.75) is 32.2 Å². The average molecular weight is 298 g/mol. The van der Waals surface area contributed by atoms with E-state index in [-0.39, 0.29) is 24.5 Å². The Morgan fingerprint density at radius 3 is 2.86 bits per heavy atom. The third kappa shape index (κ3) is 3.95. The van der Waals surface area contributed by atoms with Gasteiger partial charge >= 0.3 is 5.97 Å². The van der Waals surface area contributed by atoms with Gasteiger partial charge in [-0.1, -0.05) is 6.42 Å². The maximum atomic E-state index is 12.7. The van der Waals surface area contributed by atoms with E-state index in [9.17, 15) is 9.59 Å². The summed E-state index contributed by atoms with van der Waals surface area (Å²) in [7, 11) is 1.59. The van der Waals surface area contributed by atoms with Crippen molar-refractivity contribution in [3.8, 4) is 0 Å². The summed E-state index contributed by atoms with van der Waals surface area (Å²) >= 11 is 0. The number of nitrogens with zero attached hydrogens (tertiary/aromatic N) is 1. The van der Waals surface area contributed by atoms with Gasteiger partial charge < -0.3 is 19.7 Å². The van der Waals surface area contributed by atoms with E-state index in [0.29, 0.717) is 31.6 Å². The standard InChI is InChI=1S/C15H26N2O4/c1-3-21-13(18)10-17(7-8-20-2)15(19)14-12-6-4-5-11(12)9-16-14/h11-12,14,16H,3-10H2,1-2H3. The molecule has 2 fully saturated rings. The van der Waals surface area contributed by atoms with Crippen LogP contribution in [0.1, 0.15) is 26.2 Å². The Kier molecular flexibility index (Phi) is 5.99. The van der Waals surface area contributed by atoms with Crippen LogP contribution in [0.15, 0.2) is 0 Å². The van der Waals surface area contributed by atoms with Crippen molar-refractivity contribution < 1.29 is 19.1 Å². The van der Waals surface area contributed by atoms with Crippen molar-refractivity contribution >= 4 is 11.9 Å². The van der Waals surface area contributed by atoms with Gasteiger partial charge in [-0.2, -0.15) is 0 Å². The summed E-state index contributed by atoms with van der Waals surface area (Å²) in [4.78, 5) is 26.0. The quantitative estimate of drug-likeness (QED) is 0.690. The lowest BCUT2D eigenvalue weighted by molar-refractivity contribution is -0.150. The Morgan fingerprint density at radius 1 is 1.33 bits per heavy atom. The molecule has 3 unspecified atom stereocenters. The molecule has 2 rings (SSSR count). The highest BCUT2D eigenvalue weighted by atomic mass is 16.5. The summed E-state index contributed by atoms with van der Waals surface area (Å²) in [5.41, 5.74) is 0. The first kappa shape index (κ1) is 16.2. The first-order valence-electron chi connectivity index (χ1n) is 7.84. The minimum absolute atomic E-state index is 0.00556. The lowest BCUT2D eigenvalue weighted by atomic mass is 9.93. The number of amides is 1. The molecule has 6 nitrogen and oxygen atoms in total. The molecule has 0 radical (unpaired) electrons. The van der Waals surface area contributed by atoms with Crippen LogP contribution in [0.2, 0.25) is 0 Å². The molecule has 0 bridgehead atoms. The number of nitrogens with one attached hydrogen (secondary N) is 1. The third-order valence-electron chi connectivity index (χ3n) is 4.51. The van der Waals surface area contributed by atoms with Gasteiger partial charge in [0.15, 0.2) is 0 Å². The second-order valence-electron chi connectivity index (χ2n) is 5.80. The summed E-state index contributed by atoms with van der Waals surface area (Å²) in [5.74, 6) is 0.688. The molecular formula is C15H26N2O4. The van der Waals surface area contributed by atoms with Gasteiger partial charge in [0, 0.05) is 13.7 Å². The molecule has 120 valence electrons. The summed E-state index contributed by atoms with van der Waals surface area (Å²) in [6.07, 6.45) is 3.51. The molecule has 0 aromatic rings. The van der Waals surface area contributed by atoms with Gasteiger partial charge in [0.25, 0.3) is 0 Å². The van der Waals surface area contributed by atoms with E-state index in [0.717, 1.165) is 13.0 Å². The fourth-order valence-corrected chi connectivity index (χ4v) is 3.49. The average Bonchev–Trinajstić information content (AvgIpc) is 3.05. The van der Waals surface area contributed by atoms with E-state index in [1.165, 1.54) is 12.8 Å². The van der Waals surface area contributed by atoms with Crippen LogP contribution in [-0.4, -0.2) is 62.8 Å². The highest BCUT2D eigenvalue weighted by Crippen LogP contribution is 2.38. The van der Waals surface area contributed by atoms with Gasteiger partial charge in [-0.15, -0.1) is 0 Å². The van der Waals surface area contributed by atoms with E-state index < -0.39 is 0 Å². The number of methoxy groups -OCH3 is 1. The van der Waals surface area contributed by atoms with Crippen LogP contribution in [0.4, 0.5) is 0 Å². The van der Waals surface area contributed by atoms with E-state index >= 15 is 0 Å². The second-order valence-corrected chi connectivity index (χ2v) is 5.80. The van der Waals surface area contributed by atoms with Gasteiger partial charge in [-0.25, -0.2) is 0 Å². The number of fused-ring (bicyclic) bond motifs is 1.